The number of methoxy groups -OCH3 is 2. The number of anilines is 1. The van der Waals surface area contributed by atoms with E-state index >= 15 is 0 Å². The molecule has 4 rings (SSSR count). The van der Waals surface area contributed by atoms with E-state index in [4.69, 9.17) is 9.47 Å². The summed E-state index contributed by atoms with van der Waals surface area (Å²) in [6, 6.07) is 9.93. The minimum Gasteiger partial charge on any atom is -0.508 e. The maximum Gasteiger partial charge on any atom is 0.227 e. The second kappa shape index (κ2) is 9.74. The summed E-state index contributed by atoms with van der Waals surface area (Å²) in [5.74, 6) is 1.67. The number of aromatic hydroxyl groups is 2. The van der Waals surface area contributed by atoms with Crippen LogP contribution < -0.4 is 14.4 Å². The Morgan fingerprint density at radius 2 is 1.74 bits per heavy atom. The van der Waals surface area contributed by atoms with Gasteiger partial charge in [-0.2, -0.15) is 4.98 Å². The Balaban J connectivity index is 1.78. The van der Waals surface area contributed by atoms with E-state index in [1.807, 2.05) is 31.1 Å². The Hall–Kier alpha value is -2.93. The molecule has 1 heterocycles. The predicted molar refractivity (Wildman–Crippen MR) is 138 cm³/mol. The molecular formula is C27H34N2O4S. The number of phenols is 1. The summed E-state index contributed by atoms with van der Waals surface area (Å²) in [5.41, 5.74) is 3.89. The summed E-state index contributed by atoms with van der Waals surface area (Å²) in [6.07, 6.45) is 6.27. The van der Waals surface area contributed by atoms with Crippen LogP contribution in [0.4, 0.5) is 5.13 Å². The van der Waals surface area contributed by atoms with Crippen molar-refractivity contribution in [3.8, 4) is 34.3 Å². The van der Waals surface area contributed by atoms with E-state index in [1.165, 1.54) is 30.6 Å². The molecule has 1 saturated carbocycles. The average Bonchev–Trinajstić information content (AvgIpc) is 3.19. The summed E-state index contributed by atoms with van der Waals surface area (Å²) in [7, 11) is 7.06. The molecule has 1 fully saturated rings. The topological polar surface area (TPSA) is 75.1 Å². The van der Waals surface area contributed by atoms with Gasteiger partial charge in [-0.1, -0.05) is 43.6 Å². The average molecular weight is 483 g/mol. The van der Waals surface area contributed by atoms with Crippen molar-refractivity contribution < 1.29 is 19.7 Å². The standard InChI is InChI=1S/C27H34N2O4S/c1-27(11-7-6-8-12-27)20-14-17(9-10-21(20)30)18-13-19(24(33-5)22(15-18)32-4)16-23-25(31)28-26(34-23)29(2)3/h9-10,13-15,30-31H,6-8,11-12,16H2,1-5H3. The van der Waals surface area contributed by atoms with Gasteiger partial charge in [0.2, 0.25) is 5.88 Å². The summed E-state index contributed by atoms with van der Waals surface area (Å²) in [5, 5.41) is 21.9. The van der Waals surface area contributed by atoms with Crippen molar-refractivity contribution in [1.29, 1.82) is 0 Å². The Bertz CT molecular complexity index is 1170. The van der Waals surface area contributed by atoms with Crippen molar-refractivity contribution >= 4 is 16.5 Å². The molecular weight excluding hydrogens is 448 g/mol. The third-order valence-electron chi connectivity index (χ3n) is 6.89. The van der Waals surface area contributed by atoms with E-state index < -0.39 is 0 Å². The van der Waals surface area contributed by atoms with Gasteiger partial charge in [0, 0.05) is 31.6 Å². The number of thiazole rings is 1. The summed E-state index contributed by atoms with van der Waals surface area (Å²) >= 11 is 1.45. The predicted octanol–water partition coefficient (Wildman–Crippen LogP) is 6.12. The maximum atomic E-state index is 10.7. The quantitative estimate of drug-likeness (QED) is 0.423. The monoisotopic (exact) mass is 482 g/mol. The smallest absolute Gasteiger partial charge is 0.227 e. The van der Waals surface area contributed by atoms with Crippen molar-refractivity contribution in [3.63, 3.8) is 0 Å². The molecule has 0 aliphatic heterocycles. The van der Waals surface area contributed by atoms with Crippen LogP contribution in [0, 0.1) is 0 Å². The van der Waals surface area contributed by atoms with Crippen molar-refractivity contribution in [2.45, 2.75) is 50.9 Å². The molecule has 1 aromatic heterocycles. The van der Waals surface area contributed by atoms with Crippen LogP contribution in [-0.4, -0.2) is 43.5 Å². The van der Waals surface area contributed by atoms with Crippen LogP contribution in [0.15, 0.2) is 30.3 Å². The fraction of sp³-hybridized carbons (Fsp3) is 0.444. The molecule has 0 radical (unpaired) electrons. The first-order valence-electron chi connectivity index (χ1n) is 11.7. The van der Waals surface area contributed by atoms with Crippen LogP contribution in [0.3, 0.4) is 0 Å². The third-order valence-corrected chi connectivity index (χ3v) is 8.10. The molecule has 182 valence electrons. The highest BCUT2D eigenvalue weighted by Gasteiger charge is 2.31. The highest BCUT2D eigenvalue weighted by Crippen LogP contribution is 2.45. The van der Waals surface area contributed by atoms with Crippen molar-refractivity contribution in [2.24, 2.45) is 0 Å². The molecule has 6 nitrogen and oxygen atoms in total. The largest absolute Gasteiger partial charge is 0.508 e. The lowest BCUT2D eigenvalue weighted by Gasteiger charge is -2.35. The van der Waals surface area contributed by atoms with Gasteiger partial charge in [-0.15, -0.1) is 0 Å². The molecule has 2 aromatic carbocycles. The molecule has 0 unspecified atom stereocenters. The van der Waals surface area contributed by atoms with E-state index in [2.05, 4.69) is 24.0 Å². The van der Waals surface area contributed by atoms with Gasteiger partial charge in [-0.3, -0.25) is 0 Å². The van der Waals surface area contributed by atoms with Gasteiger partial charge in [0.05, 0.1) is 19.1 Å². The lowest BCUT2D eigenvalue weighted by Crippen LogP contribution is -2.25. The van der Waals surface area contributed by atoms with Gasteiger partial charge in [0.15, 0.2) is 16.6 Å². The first-order valence-corrected chi connectivity index (χ1v) is 12.5. The summed E-state index contributed by atoms with van der Waals surface area (Å²) < 4.78 is 11.4. The second-order valence-corrected chi connectivity index (χ2v) is 10.6. The van der Waals surface area contributed by atoms with Gasteiger partial charge in [0.1, 0.15) is 5.75 Å². The van der Waals surface area contributed by atoms with Crippen molar-refractivity contribution in [3.05, 3.63) is 46.3 Å². The minimum absolute atomic E-state index is 0.0191. The normalized spacial score (nSPS) is 15.2. The van der Waals surface area contributed by atoms with Gasteiger partial charge in [0.25, 0.3) is 0 Å². The molecule has 0 atom stereocenters. The van der Waals surface area contributed by atoms with Gasteiger partial charge in [-0.25, -0.2) is 0 Å². The minimum atomic E-state index is -0.0191. The Labute approximate surface area is 205 Å². The number of ether oxygens (including phenoxy) is 2. The number of rotatable bonds is 7. The molecule has 1 aliphatic carbocycles. The van der Waals surface area contributed by atoms with Crippen LogP contribution in [0.1, 0.15) is 55.0 Å². The third kappa shape index (κ3) is 4.67. The molecule has 0 spiro atoms. The van der Waals surface area contributed by atoms with E-state index in [9.17, 15) is 10.2 Å². The fourth-order valence-electron chi connectivity index (χ4n) is 4.95. The van der Waals surface area contributed by atoms with E-state index in [-0.39, 0.29) is 11.3 Å². The Kier molecular flexibility index (Phi) is 6.94. The van der Waals surface area contributed by atoms with Crippen LogP contribution in [0.2, 0.25) is 0 Å². The summed E-state index contributed by atoms with van der Waals surface area (Å²) in [6.45, 7) is 2.26. The molecule has 0 bridgehead atoms. The number of hydrogen-bond donors (Lipinski definition) is 2. The van der Waals surface area contributed by atoms with Crippen LogP contribution in [0.5, 0.6) is 23.1 Å². The second-order valence-electron chi connectivity index (χ2n) is 9.54. The molecule has 2 N–H and O–H groups in total. The molecule has 34 heavy (non-hydrogen) atoms. The number of phenolic OH excluding ortho intramolecular Hbond substituents is 1. The zero-order valence-electron chi connectivity index (χ0n) is 20.6. The zero-order chi connectivity index (χ0) is 24.5. The van der Waals surface area contributed by atoms with Gasteiger partial charge in [-0.05, 0) is 53.6 Å². The van der Waals surface area contributed by atoms with Crippen LogP contribution >= 0.6 is 11.3 Å². The summed E-state index contributed by atoms with van der Waals surface area (Å²) in [4.78, 5) is 6.91. The van der Waals surface area contributed by atoms with Crippen molar-refractivity contribution in [1.82, 2.24) is 4.98 Å². The maximum absolute atomic E-state index is 10.7. The van der Waals surface area contributed by atoms with E-state index in [0.29, 0.717) is 23.7 Å². The molecule has 0 amide bonds. The Morgan fingerprint density at radius 3 is 2.35 bits per heavy atom. The van der Waals surface area contributed by atoms with Gasteiger partial charge >= 0.3 is 0 Å². The lowest BCUT2D eigenvalue weighted by atomic mass is 9.70. The first kappa shape index (κ1) is 24.2. The number of nitrogens with zero attached hydrogens (tertiary/aromatic N) is 2. The van der Waals surface area contributed by atoms with Crippen LogP contribution in [-0.2, 0) is 11.8 Å². The lowest BCUT2D eigenvalue weighted by molar-refractivity contribution is 0.308. The van der Waals surface area contributed by atoms with Gasteiger partial charge < -0.3 is 24.6 Å². The van der Waals surface area contributed by atoms with E-state index in [0.717, 1.165) is 45.1 Å². The van der Waals surface area contributed by atoms with Crippen LogP contribution in [0.25, 0.3) is 11.1 Å². The first-order chi connectivity index (χ1) is 16.3. The number of benzene rings is 2. The van der Waals surface area contributed by atoms with Crippen molar-refractivity contribution in [2.75, 3.05) is 33.2 Å². The highest BCUT2D eigenvalue weighted by atomic mass is 32.1. The Morgan fingerprint density at radius 1 is 1.00 bits per heavy atom. The SMILES string of the molecule is COc1cc(-c2ccc(O)c(C3(C)CCCCC3)c2)cc(Cc2sc(N(C)C)nc2O)c1OC. The number of aromatic nitrogens is 1. The fourth-order valence-corrected chi connectivity index (χ4v) is 5.85. The molecule has 3 aromatic rings. The number of hydrogen-bond acceptors (Lipinski definition) is 7. The van der Waals surface area contributed by atoms with E-state index in [1.54, 1.807) is 20.3 Å². The molecule has 1 aliphatic rings. The molecule has 0 saturated heterocycles. The highest BCUT2D eigenvalue weighted by molar-refractivity contribution is 7.15. The molecule has 7 heteroatoms. The zero-order valence-corrected chi connectivity index (χ0v) is 21.5.